The van der Waals surface area contributed by atoms with Crippen LogP contribution >= 0.6 is 0 Å². The van der Waals surface area contributed by atoms with E-state index in [0.717, 1.165) is 20.0 Å². The summed E-state index contributed by atoms with van der Waals surface area (Å²) in [6.07, 6.45) is 0. The molecule has 0 saturated carbocycles. The van der Waals surface area contributed by atoms with Crippen LogP contribution in [0.2, 0.25) is 0 Å². The predicted molar refractivity (Wildman–Crippen MR) is 29.2 cm³/mol. The van der Waals surface area contributed by atoms with Crippen LogP contribution < -0.4 is 0 Å². The Morgan fingerprint density at radius 2 is 2.00 bits per heavy atom. The largest absolute Gasteiger partial charge is 0.340 e. The summed E-state index contributed by atoms with van der Waals surface area (Å²) >= 11 is 0. The lowest BCUT2D eigenvalue weighted by Gasteiger charge is -2.24. The van der Waals surface area contributed by atoms with Crippen molar-refractivity contribution in [1.29, 1.82) is 0 Å². The van der Waals surface area contributed by atoms with Gasteiger partial charge in [-0.3, -0.25) is 4.90 Å². The Morgan fingerprint density at radius 3 is 2.38 bits per heavy atom. The average molecular weight is 117 g/mol. The summed E-state index contributed by atoms with van der Waals surface area (Å²) in [5.41, 5.74) is 0. The van der Waals surface area contributed by atoms with E-state index in [0.29, 0.717) is 6.79 Å². The van der Waals surface area contributed by atoms with E-state index in [1.807, 2.05) is 0 Å². The Balaban J connectivity index is 2.13. The molecule has 0 aromatic rings. The van der Waals surface area contributed by atoms with Gasteiger partial charge < -0.3 is 9.47 Å². The highest BCUT2D eigenvalue weighted by atomic mass is 16.7. The van der Waals surface area contributed by atoms with E-state index in [9.17, 15) is 0 Å². The van der Waals surface area contributed by atoms with Gasteiger partial charge in [0.15, 0.2) is 0 Å². The highest BCUT2D eigenvalue weighted by Crippen LogP contribution is 1.95. The molecule has 1 fully saturated rings. The van der Waals surface area contributed by atoms with E-state index in [4.69, 9.17) is 9.47 Å². The average Bonchev–Trinajstić information content (AvgIpc) is 1.90. The molecule has 0 bridgehead atoms. The second kappa shape index (κ2) is 3.02. The number of nitrogens with zero attached hydrogens (tertiary/aromatic N) is 1. The van der Waals surface area contributed by atoms with E-state index in [1.54, 1.807) is 0 Å². The molecule has 0 radical (unpaired) electrons. The van der Waals surface area contributed by atoms with Gasteiger partial charge in [-0.1, -0.05) is 6.92 Å². The number of ether oxygens (including phenoxy) is 2. The Morgan fingerprint density at radius 1 is 1.38 bits per heavy atom. The topological polar surface area (TPSA) is 21.7 Å². The van der Waals surface area contributed by atoms with Crippen LogP contribution in [0.4, 0.5) is 0 Å². The van der Waals surface area contributed by atoms with Crippen LogP contribution in [0.3, 0.4) is 0 Å². The third-order valence-electron chi connectivity index (χ3n) is 1.16. The van der Waals surface area contributed by atoms with Crippen LogP contribution in [0.15, 0.2) is 0 Å². The molecule has 48 valence electrons. The van der Waals surface area contributed by atoms with Gasteiger partial charge in [0.05, 0.1) is 0 Å². The van der Waals surface area contributed by atoms with Crippen molar-refractivity contribution in [3.05, 3.63) is 0 Å². The maximum absolute atomic E-state index is 4.98. The second-order valence-corrected chi connectivity index (χ2v) is 1.77. The van der Waals surface area contributed by atoms with Crippen molar-refractivity contribution in [2.45, 2.75) is 6.92 Å². The molecular weight excluding hydrogens is 106 g/mol. The number of hydrogen-bond donors (Lipinski definition) is 0. The molecule has 0 atom stereocenters. The Kier molecular flexibility index (Phi) is 2.27. The first-order valence-corrected chi connectivity index (χ1v) is 2.81. The maximum atomic E-state index is 4.98. The zero-order chi connectivity index (χ0) is 5.82. The summed E-state index contributed by atoms with van der Waals surface area (Å²) in [5, 5.41) is 0. The number of hydrogen-bond acceptors (Lipinski definition) is 3. The summed E-state index contributed by atoms with van der Waals surface area (Å²) in [5.74, 6) is 0. The molecule has 1 rings (SSSR count). The van der Waals surface area contributed by atoms with Crippen LogP contribution in [0.1, 0.15) is 6.92 Å². The van der Waals surface area contributed by atoms with E-state index in [2.05, 4.69) is 11.8 Å². The Hall–Kier alpha value is -0.120. The van der Waals surface area contributed by atoms with Gasteiger partial charge >= 0.3 is 0 Å². The van der Waals surface area contributed by atoms with Crippen molar-refractivity contribution in [3.63, 3.8) is 0 Å². The van der Waals surface area contributed by atoms with E-state index < -0.39 is 0 Å². The van der Waals surface area contributed by atoms with Gasteiger partial charge in [0.1, 0.15) is 20.3 Å². The van der Waals surface area contributed by atoms with Crippen LogP contribution in [0.25, 0.3) is 0 Å². The Labute approximate surface area is 49.2 Å². The highest BCUT2D eigenvalue weighted by Gasteiger charge is 2.05. The maximum Gasteiger partial charge on any atom is 0.150 e. The molecule has 1 aliphatic rings. The van der Waals surface area contributed by atoms with Crippen LogP contribution in [0.5, 0.6) is 0 Å². The van der Waals surface area contributed by atoms with Crippen LogP contribution in [0, 0.1) is 0 Å². The van der Waals surface area contributed by atoms with Crippen molar-refractivity contribution in [1.82, 2.24) is 4.90 Å². The van der Waals surface area contributed by atoms with Gasteiger partial charge in [-0.2, -0.15) is 0 Å². The van der Waals surface area contributed by atoms with Crippen molar-refractivity contribution >= 4 is 0 Å². The fourth-order valence-corrected chi connectivity index (χ4v) is 0.612. The third-order valence-corrected chi connectivity index (χ3v) is 1.16. The zero-order valence-electron chi connectivity index (χ0n) is 5.09. The first-order chi connectivity index (χ1) is 3.93. The van der Waals surface area contributed by atoms with Gasteiger partial charge in [-0.15, -0.1) is 0 Å². The van der Waals surface area contributed by atoms with Crippen molar-refractivity contribution < 1.29 is 9.47 Å². The molecule has 0 N–H and O–H groups in total. The molecule has 3 heteroatoms. The summed E-state index contributed by atoms with van der Waals surface area (Å²) in [4.78, 5) is 2.07. The van der Waals surface area contributed by atoms with Crippen molar-refractivity contribution in [2.24, 2.45) is 0 Å². The lowest BCUT2D eigenvalue weighted by molar-refractivity contribution is -0.181. The summed E-state index contributed by atoms with van der Waals surface area (Å²) in [6, 6.07) is 0. The molecule has 0 unspecified atom stereocenters. The minimum absolute atomic E-state index is 0.455. The van der Waals surface area contributed by atoms with Gasteiger partial charge in [0, 0.05) is 0 Å². The molecule has 0 aromatic carbocycles. The highest BCUT2D eigenvalue weighted by molar-refractivity contribution is 4.41. The van der Waals surface area contributed by atoms with Gasteiger partial charge in [-0.05, 0) is 6.54 Å². The first kappa shape index (κ1) is 6.01. The van der Waals surface area contributed by atoms with Crippen molar-refractivity contribution in [2.75, 3.05) is 26.8 Å². The molecule has 0 spiro atoms. The fraction of sp³-hybridized carbons (Fsp3) is 1.00. The fourth-order valence-electron chi connectivity index (χ4n) is 0.612. The quantitative estimate of drug-likeness (QED) is 0.490. The smallest absolute Gasteiger partial charge is 0.150 e. The first-order valence-electron chi connectivity index (χ1n) is 2.81. The third kappa shape index (κ3) is 1.43. The molecule has 0 aliphatic carbocycles. The SMILES string of the molecule is CCN1COCOC1. The van der Waals surface area contributed by atoms with Gasteiger partial charge in [0.25, 0.3) is 0 Å². The summed E-state index contributed by atoms with van der Waals surface area (Å²) in [6.45, 7) is 4.97. The number of rotatable bonds is 1. The van der Waals surface area contributed by atoms with E-state index in [1.165, 1.54) is 0 Å². The summed E-state index contributed by atoms with van der Waals surface area (Å²) in [7, 11) is 0. The molecule has 1 aliphatic heterocycles. The van der Waals surface area contributed by atoms with Crippen molar-refractivity contribution in [3.8, 4) is 0 Å². The molecule has 1 heterocycles. The molecule has 8 heavy (non-hydrogen) atoms. The molecular formula is C5H11NO2. The van der Waals surface area contributed by atoms with Gasteiger partial charge in [0.2, 0.25) is 0 Å². The minimum Gasteiger partial charge on any atom is -0.340 e. The van der Waals surface area contributed by atoms with Crippen LogP contribution in [-0.4, -0.2) is 31.7 Å². The van der Waals surface area contributed by atoms with E-state index in [-0.39, 0.29) is 0 Å². The second-order valence-electron chi connectivity index (χ2n) is 1.77. The molecule has 0 amide bonds. The lowest BCUT2D eigenvalue weighted by atomic mass is 10.6. The predicted octanol–water partition coefficient (Wildman–Crippen LogP) is 0.228. The lowest BCUT2D eigenvalue weighted by Crippen LogP contribution is -2.34. The molecule has 3 nitrogen and oxygen atoms in total. The Bertz CT molecular complexity index is 61.4. The molecule has 1 saturated heterocycles. The monoisotopic (exact) mass is 117 g/mol. The summed E-state index contributed by atoms with van der Waals surface area (Å²) < 4.78 is 9.95. The zero-order valence-corrected chi connectivity index (χ0v) is 5.09. The standard InChI is InChI=1S/C5H11NO2/c1-2-6-3-7-5-8-4-6/h2-5H2,1H3. The van der Waals surface area contributed by atoms with E-state index >= 15 is 0 Å². The molecule has 0 aromatic heterocycles. The normalized spacial score (nSPS) is 23.6. The minimum atomic E-state index is 0.455. The van der Waals surface area contributed by atoms with Crippen LogP contribution in [-0.2, 0) is 9.47 Å². The van der Waals surface area contributed by atoms with Gasteiger partial charge in [-0.25, -0.2) is 0 Å².